The van der Waals surface area contributed by atoms with Crippen molar-refractivity contribution in [1.82, 2.24) is 4.90 Å². The molecule has 0 heterocycles. The number of nitriles is 1. The van der Waals surface area contributed by atoms with Crippen LogP contribution in [-0.4, -0.2) is 23.9 Å². The van der Waals surface area contributed by atoms with Crippen LogP contribution in [0.4, 0.5) is 0 Å². The normalized spacial score (nSPS) is 20.3. The van der Waals surface area contributed by atoms with Gasteiger partial charge in [0.1, 0.15) is 5.41 Å². The van der Waals surface area contributed by atoms with Gasteiger partial charge in [0.05, 0.1) is 6.07 Å². The van der Waals surface area contributed by atoms with Gasteiger partial charge < -0.3 is 4.90 Å². The van der Waals surface area contributed by atoms with Crippen LogP contribution in [0.3, 0.4) is 0 Å². The van der Waals surface area contributed by atoms with Crippen LogP contribution < -0.4 is 0 Å². The Morgan fingerprint density at radius 1 is 1.47 bits per heavy atom. The van der Waals surface area contributed by atoms with E-state index in [4.69, 9.17) is 5.26 Å². The Morgan fingerprint density at radius 3 is 2.20 bits per heavy atom. The highest BCUT2D eigenvalue weighted by atomic mass is 16.2. The first kappa shape index (κ1) is 12.0. The number of hydrogen-bond acceptors (Lipinski definition) is 2. The van der Waals surface area contributed by atoms with E-state index in [0.717, 1.165) is 12.8 Å². The van der Waals surface area contributed by atoms with E-state index >= 15 is 0 Å². The average molecular weight is 208 g/mol. The molecule has 0 spiro atoms. The van der Waals surface area contributed by atoms with E-state index in [2.05, 4.69) is 26.8 Å². The Kier molecular flexibility index (Phi) is 2.82. The summed E-state index contributed by atoms with van der Waals surface area (Å²) in [7, 11) is 1.80. The highest BCUT2D eigenvalue weighted by Gasteiger charge is 2.53. The van der Waals surface area contributed by atoms with Gasteiger partial charge in [-0.1, -0.05) is 20.8 Å². The number of nitrogens with zero attached hydrogens (tertiary/aromatic N) is 2. The molecule has 1 rings (SSSR count). The first-order chi connectivity index (χ1) is 6.74. The summed E-state index contributed by atoms with van der Waals surface area (Å²) < 4.78 is 0. The van der Waals surface area contributed by atoms with Gasteiger partial charge in [-0.25, -0.2) is 0 Å². The van der Waals surface area contributed by atoms with Crippen molar-refractivity contribution in [2.75, 3.05) is 7.05 Å². The molecule has 1 atom stereocenters. The molecular formula is C12H20N2O. The van der Waals surface area contributed by atoms with Crippen LogP contribution in [0.15, 0.2) is 0 Å². The minimum Gasteiger partial charge on any atom is -0.341 e. The van der Waals surface area contributed by atoms with E-state index in [1.807, 2.05) is 6.92 Å². The number of carbonyl (C=O) groups excluding carboxylic acids is 1. The molecule has 15 heavy (non-hydrogen) atoms. The minimum atomic E-state index is -0.686. The molecule has 1 amide bonds. The SMILES string of the molecule is CC(N(C)C(=O)C1(C#N)CC1)C(C)(C)C. The predicted molar refractivity (Wildman–Crippen MR) is 59.0 cm³/mol. The lowest BCUT2D eigenvalue weighted by Gasteiger charge is -2.36. The highest BCUT2D eigenvalue weighted by molar-refractivity contribution is 5.88. The molecule has 1 unspecified atom stereocenters. The summed E-state index contributed by atoms with van der Waals surface area (Å²) >= 11 is 0. The largest absolute Gasteiger partial charge is 0.341 e. The third-order valence-electron chi connectivity index (χ3n) is 3.53. The standard InChI is InChI=1S/C12H20N2O/c1-9(11(2,3)4)14(5)10(15)12(8-13)6-7-12/h9H,6-7H2,1-5H3. The van der Waals surface area contributed by atoms with Crippen LogP contribution >= 0.6 is 0 Å². The second kappa shape index (κ2) is 3.52. The maximum absolute atomic E-state index is 12.0. The molecular weight excluding hydrogens is 188 g/mol. The van der Waals surface area contributed by atoms with Gasteiger partial charge in [-0.05, 0) is 25.2 Å². The van der Waals surface area contributed by atoms with Crippen molar-refractivity contribution in [3.05, 3.63) is 0 Å². The molecule has 1 aliphatic rings. The zero-order valence-corrected chi connectivity index (χ0v) is 10.3. The fourth-order valence-corrected chi connectivity index (χ4v) is 1.59. The van der Waals surface area contributed by atoms with Crippen molar-refractivity contribution in [1.29, 1.82) is 5.26 Å². The topological polar surface area (TPSA) is 44.1 Å². The Bertz CT molecular complexity index is 305. The van der Waals surface area contributed by atoms with Gasteiger partial charge in [0, 0.05) is 13.1 Å². The molecule has 0 aromatic rings. The molecule has 0 saturated heterocycles. The Balaban J connectivity index is 2.74. The molecule has 0 bridgehead atoms. The first-order valence-corrected chi connectivity index (χ1v) is 5.43. The third kappa shape index (κ3) is 2.14. The van der Waals surface area contributed by atoms with Crippen LogP contribution in [0.25, 0.3) is 0 Å². The van der Waals surface area contributed by atoms with Gasteiger partial charge in [0.15, 0.2) is 0 Å². The van der Waals surface area contributed by atoms with Crippen molar-refractivity contribution in [2.45, 2.75) is 46.6 Å². The minimum absolute atomic E-state index is 0.00701. The predicted octanol–water partition coefficient (Wildman–Crippen LogP) is 2.18. The summed E-state index contributed by atoms with van der Waals surface area (Å²) in [6, 6.07) is 2.30. The highest BCUT2D eigenvalue weighted by Crippen LogP contribution is 2.47. The summed E-state index contributed by atoms with van der Waals surface area (Å²) in [6.07, 6.45) is 1.45. The first-order valence-electron chi connectivity index (χ1n) is 5.43. The quantitative estimate of drug-likeness (QED) is 0.698. The monoisotopic (exact) mass is 208 g/mol. The van der Waals surface area contributed by atoms with E-state index in [-0.39, 0.29) is 17.4 Å². The van der Waals surface area contributed by atoms with E-state index < -0.39 is 5.41 Å². The van der Waals surface area contributed by atoms with Crippen molar-refractivity contribution in [3.8, 4) is 6.07 Å². The molecule has 84 valence electrons. The Labute approximate surface area is 92.1 Å². The van der Waals surface area contributed by atoms with Crippen molar-refractivity contribution < 1.29 is 4.79 Å². The van der Waals surface area contributed by atoms with Crippen molar-refractivity contribution in [3.63, 3.8) is 0 Å². The lowest BCUT2D eigenvalue weighted by molar-refractivity contribution is -0.137. The fraction of sp³-hybridized carbons (Fsp3) is 0.833. The van der Waals surface area contributed by atoms with Gasteiger partial charge in [-0.15, -0.1) is 0 Å². The summed E-state index contributed by atoms with van der Waals surface area (Å²) in [6.45, 7) is 8.35. The van der Waals surface area contributed by atoms with Crippen LogP contribution in [0, 0.1) is 22.2 Å². The summed E-state index contributed by atoms with van der Waals surface area (Å²) in [5.41, 5.74) is -0.635. The van der Waals surface area contributed by atoms with Crippen molar-refractivity contribution in [2.24, 2.45) is 10.8 Å². The van der Waals surface area contributed by atoms with Gasteiger partial charge in [0.2, 0.25) is 5.91 Å². The maximum atomic E-state index is 12.0. The summed E-state index contributed by atoms with van der Waals surface area (Å²) in [5, 5.41) is 8.96. The second-order valence-electron chi connectivity index (χ2n) is 5.65. The number of amides is 1. The van der Waals surface area contributed by atoms with Crippen LogP contribution in [-0.2, 0) is 4.79 Å². The third-order valence-corrected chi connectivity index (χ3v) is 3.53. The molecule has 0 aliphatic heterocycles. The van der Waals surface area contributed by atoms with E-state index in [9.17, 15) is 4.79 Å². The lowest BCUT2D eigenvalue weighted by Crippen LogP contribution is -2.45. The van der Waals surface area contributed by atoms with Crippen LogP contribution in [0.5, 0.6) is 0 Å². The second-order valence-corrected chi connectivity index (χ2v) is 5.65. The number of carbonyl (C=O) groups is 1. The fourth-order valence-electron chi connectivity index (χ4n) is 1.59. The van der Waals surface area contributed by atoms with Gasteiger partial charge >= 0.3 is 0 Å². The molecule has 0 aromatic carbocycles. The molecule has 1 fully saturated rings. The molecule has 0 radical (unpaired) electrons. The summed E-state index contributed by atoms with van der Waals surface area (Å²) in [5.74, 6) is -0.00701. The smallest absolute Gasteiger partial charge is 0.243 e. The zero-order chi connectivity index (χ0) is 11.9. The molecule has 0 N–H and O–H groups in total. The maximum Gasteiger partial charge on any atom is 0.243 e. The lowest BCUT2D eigenvalue weighted by atomic mass is 9.86. The van der Waals surface area contributed by atoms with Crippen LogP contribution in [0.2, 0.25) is 0 Å². The zero-order valence-electron chi connectivity index (χ0n) is 10.3. The summed E-state index contributed by atoms with van der Waals surface area (Å²) in [4.78, 5) is 13.8. The molecule has 0 aromatic heterocycles. The average Bonchev–Trinajstić information content (AvgIpc) is 2.93. The van der Waals surface area contributed by atoms with E-state index in [0.29, 0.717) is 0 Å². The number of rotatable bonds is 2. The Hall–Kier alpha value is -1.04. The molecule has 3 nitrogen and oxygen atoms in total. The van der Waals surface area contributed by atoms with E-state index in [1.165, 1.54) is 0 Å². The van der Waals surface area contributed by atoms with Crippen LogP contribution in [0.1, 0.15) is 40.5 Å². The van der Waals surface area contributed by atoms with Gasteiger partial charge in [-0.2, -0.15) is 5.26 Å². The number of hydrogen-bond donors (Lipinski definition) is 0. The van der Waals surface area contributed by atoms with Gasteiger partial charge in [0.25, 0.3) is 0 Å². The van der Waals surface area contributed by atoms with Gasteiger partial charge in [-0.3, -0.25) is 4.79 Å². The molecule has 3 heteroatoms. The molecule has 1 saturated carbocycles. The Morgan fingerprint density at radius 2 is 1.93 bits per heavy atom. The molecule has 1 aliphatic carbocycles. The van der Waals surface area contributed by atoms with E-state index in [1.54, 1.807) is 11.9 Å². The van der Waals surface area contributed by atoms with Crippen molar-refractivity contribution >= 4 is 5.91 Å².